The van der Waals surface area contributed by atoms with Crippen molar-refractivity contribution in [3.63, 3.8) is 0 Å². The Morgan fingerprint density at radius 3 is 1.83 bits per heavy atom. The van der Waals surface area contributed by atoms with Crippen LogP contribution in [0.25, 0.3) is 11.1 Å². The van der Waals surface area contributed by atoms with E-state index in [2.05, 4.69) is 0 Å². The summed E-state index contributed by atoms with van der Waals surface area (Å²) in [4.78, 5) is 0. The largest absolute Gasteiger partial charge is 0.507 e. The number of benzene rings is 2. The van der Waals surface area contributed by atoms with Crippen LogP contribution in [0.15, 0.2) is 24.3 Å². The van der Waals surface area contributed by atoms with E-state index < -0.39 is 0 Å². The van der Waals surface area contributed by atoms with Crippen LogP contribution < -0.4 is 0 Å². The highest BCUT2D eigenvalue weighted by molar-refractivity contribution is 5.80. The molecule has 0 fully saturated rings. The molecule has 2 rings (SSSR count). The molecule has 0 saturated carbocycles. The van der Waals surface area contributed by atoms with Crippen LogP contribution in [0.2, 0.25) is 0 Å². The van der Waals surface area contributed by atoms with Crippen molar-refractivity contribution < 1.29 is 15.3 Å². The maximum Gasteiger partial charge on any atom is 0.133 e. The van der Waals surface area contributed by atoms with Crippen molar-refractivity contribution >= 4 is 0 Å². The molecule has 0 saturated heterocycles. The summed E-state index contributed by atoms with van der Waals surface area (Å²) in [5.74, 6) is -0.323. The van der Waals surface area contributed by atoms with Gasteiger partial charge in [0.2, 0.25) is 0 Å². The van der Waals surface area contributed by atoms with Gasteiger partial charge in [0.05, 0.1) is 5.56 Å². The summed E-state index contributed by atoms with van der Waals surface area (Å²) in [7, 11) is 0. The van der Waals surface area contributed by atoms with Crippen molar-refractivity contribution in [3.05, 3.63) is 41.0 Å². The van der Waals surface area contributed by atoms with E-state index in [0.29, 0.717) is 11.1 Å². The number of phenolic OH excluding ortho intramolecular Hbond substituents is 3. The first-order valence-electron chi connectivity index (χ1n) is 5.73. The molecular formula is C15H16O3. The van der Waals surface area contributed by atoms with E-state index in [9.17, 15) is 15.3 Å². The summed E-state index contributed by atoms with van der Waals surface area (Å²) >= 11 is 0. The summed E-state index contributed by atoms with van der Waals surface area (Å²) in [5.41, 5.74) is 3.56. The summed E-state index contributed by atoms with van der Waals surface area (Å²) in [6, 6.07) is 7.05. The Bertz CT molecular complexity index is 595. The van der Waals surface area contributed by atoms with E-state index in [-0.39, 0.29) is 17.2 Å². The van der Waals surface area contributed by atoms with E-state index in [4.69, 9.17) is 0 Å². The third-order valence-corrected chi connectivity index (χ3v) is 3.02. The molecule has 2 aromatic rings. The molecule has 0 aliphatic carbocycles. The molecule has 3 N–H and O–H groups in total. The van der Waals surface area contributed by atoms with E-state index >= 15 is 0 Å². The van der Waals surface area contributed by atoms with Crippen LogP contribution in [0.1, 0.15) is 16.7 Å². The maximum atomic E-state index is 10.1. The summed E-state index contributed by atoms with van der Waals surface area (Å²) in [6.45, 7) is 5.52. The number of hydrogen-bond acceptors (Lipinski definition) is 3. The van der Waals surface area contributed by atoms with Crippen LogP contribution in [-0.4, -0.2) is 15.3 Å². The standard InChI is InChI=1S/C15H16O3/c1-8-4-9(2)6-11(5-8)14-13(17)7-12(16)10(3)15(14)18/h4-7,16-18H,1-3H3. The molecule has 0 aliphatic heterocycles. The Balaban J connectivity index is 2.75. The van der Waals surface area contributed by atoms with Gasteiger partial charge >= 0.3 is 0 Å². The number of phenols is 3. The van der Waals surface area contributed by atoms with E-state index in [0.717, 1.165) is 16.7 Å². The molecule has 0 heterocycles. The van der Waals surface area contributed by atoms with Gasteiger partial charge in [-0.05, 0) is 26.3 Å². The highest BCUT2D eigenvalue weighted by atomic mass is 16.3. The zero-order chi connectivity index (χ0) is 13.4. The van der Waals surface area contributed by atoms with Gasteiger partial charge < -0.3 is 15.3 Å². The van der Waals surface area contributed by atoms with Crippen molar-refractivity contribution in [2.75, 3.05) is 0 Å². The predicted molar refractivity (Wildman–Crippen MR) is 71.1 cm³/mol. The second-order valence-corrected chi connectivity index (χ2v) is 4.64. The normalized spacial score (nSPS) is 10.6. The van der Waals surface area contributed by atoms with Crippen LogP contribution in [0.3, 0.4) is 0 Å². The molecule has 0 unspecified atom stereocenters. The topological polar surface area (TPSA) is 60.7 Å². The fraction of sp³-hybridized carbons (Fsp3) is 0.200. The summed E-state index contributed by atoms with van der Waals surface area (Å²) in [6.07, 6.45) is 0. The fourth-order valence-electron chi connectivity index (χ4n) is 2.14. The molecule has 18 heavy (non-hydrogen) atoms. The van der Waals surface area contributed by atoms with Crippen LogP contribution in [-0.2, 0) is 0 Å². The predicted octanol–water partition coefficient (Wildman–Crippen LogP) is 3.40. The number of aromatic hydroxyl groups is 3. The van der Waals surface area contributed by atoms with Crippen LogP contribution in [0, 0.1) is 20.8 Å². The van der Waals surface area contributed by atoms with Crippen molar-refractivity contribution in [2.24, 2.45) is 0 Å². The Hall–Kier alpha value is -2.16. The van der Waals surface area contributed by atoms with Gasteiger partial charge in [0.1, 0.15) is 17.2 Å². The van der Waals surface area contributed by atoms with Crippen molar-refractivity contribution in [2.45, 2.75) is 20.8 Å². The molecule has 0 aliphatic rings. The lowest BCUT2D eigenvalue weighted by Gasteiger charge is -2.12. The molecule has 3 heteroatoms. The second kappa shape index (κ2) is 4.26. The van der Waals surface area contributed by atoms with Crippen molar-refractivity contribution in [3.8, 4) is 28.4 Å². The molecule has 0 radical (unpaired) electrons. The monoisotopic (exact) mass is 244 g/mol. The first kappa shape index (κ1) is 12.3. The lowest BCUT2D eigenvalue weighted by Crippen LogP contribution is -1.87. The first-order chi connectivity index (χ1) is 8.40. The summed E-state index contributed by atoms with van der Waals surface area (Å²) in [5, 5.41) is 29.5. The van der Waals surface area contributed by atoms with Crippen LogP contribution in [0.4, 0.5) is 0 Å². The van der Waals surface area contributed by atoms with Gasteiger partial charge in [-0.15, -0.1) is 0 Å². The zero-order valence-corrected chi connectivity index (χ0v) is 10.7. The van der Waals surface area contributed by atoms with Crippen molar-refractivity contribution in [1.82, 2.24) is 0 Å². The molecule has 0 amide bonds. The lowest BCUT2D eigenvalue weighted by molar-refractivity contribution is 0.425. The van der Waals surface area contributed by atoms with Gasteiger partial charge in [-0.3, -0.25) is 0 Å². The van der Waals surface area contributed by atoms with E-state index in [1.807, 2.05) is 32.0 Å². The Labute approximate surface area is 106 Å². The number of rotatable bonds is 1. The Morgan fingerprint density at radius 2 is 1.28 bits per heavy atom. The minimum Gasteiger partial charge on any atom is -0.507 e. The van der Waals surface area contributed by atoms with E-state index in [1.54, 1.807) is 6.92 Å². The van der Waals surface area contributed by atoms with Gasteiger partial charge in [-0.25, -0.2) is 0 Å². The molecular weight excluding hydrogens is 228 g/mol. The molecule has 0 spiro atoms. The van der Waals surface area contributed by atoms with Gasteiger partial charge in [0.25, 0.3) is 0 Å². The molecule has 3 nitrogen and oxygen atoms in total. The van der Waals surface area contributed by atoms with E-state index in [1.165, 1.54) is 6.07 Å². The average Bonchev–Trinajstić information content (AvgIpc) is 2.24. The molecule has 0 atom stereocenters. The molecule has 94 valence electrons. The summed E-state index contributed by atoms with van der Waals surface area (Å²) < 4.78 is 0. The highest BCUT2D eigenvalue weighted by Gasteiger charge is 2.16. The highest BCUT2D eigenvalue weighted by Crippen LogP contribution is 2.43. The van der Waals surface area contributed by atoms with Crippen molar-refractivity contribution in [1.29, 1.82) is 0 Å². The lowest BCUT2D eigenvalue weighted by atomic mass is 9.97. The van der Waals surface area contributed by atoms with Gasteiger partial charge in [0.15, 0.2) is 0 Å². The average molecular weight is 244 g/mol. The number of hydrogen-bond donors (Lipinski definition) is 3. The van der Waals surface area contributed by atoms with Crippen LogP contribution in [0.5, 0.6) is 17.2 Å². The third-order valence-electron chi connectivity index (χ3n) is 3.02. The SMILES string of the molecule is Cc1cc(C)cc(-c2c(O)cc(O)c(C)c2O)c1. The smallest absolute Gasteiger partial charge is 0.133 e. The quantitative estimate of drug-likeness (QED) is 0.720. The molecule has 2 aromatic carbocycles. The minimum absolute atomic E-state index is 0.0856. The van der Waals surface area contributed by atoms with Crippen LogP contribution >= 0.6 is 0 Å². The second-order valence-electron chi connectivity index (χ2n) is 4.64. The van der Waals surface area contributed by atoms with Gasteiger partial charge in [-0.2, -0.15) is 0 Å². The molecule has 0 bridgehead atoms. The maximum absolute atomic E-state index is 10.1. The zero-order valence-electron chi connectivity index (χ0n) is 10.7. The fourth-order valence-corrected chi connectivity index (χ4v) is 2.14. The van der Waals surface area contributed by atoms with Gasteiger partial charge in [0, 0.05) is 11.6 Å². The Kier molecular flexibility index (Phi) is 2.91. The Morgan fingerprint density at radius 1 is 0.722 bits per heavy atom. The number of aryl methyl sites for hydroxylation is 2. The minimum atomic E-state index is -0.124. The third kappa shape index (κ3) is 1.99. The van der Waals surface area contributed by atoms with Gasteiger partial charge in [-0.1, -0.05) is 29.3 Å². The molecule has 0 aromatic heterocycles. The first-order valence-corrected chi connectivity index (χ1v) is 5.73.